The zero-order chi connectivity index (χ0) is 12.7. The number of hydrogen-bond acceptors (Lipinski definition) is 3. The minimum Gasteiger partial charge on any atom is -0.314 e. The van der Waals surface area contributed by atoms with Crippen LogP contribution in [0.25, 0.3) is 0 Å². The fourth-order valence-corrected chi connectivity index (χ4v) is 2.74. The second-order valence-corrected chi connectivity index (χ2v) is 5.79. The molecule has 0 saturated carbocycles. The van der Waals surface area contributed by atoms with E-state index in [1.165, 1.54) is 45.4 Å². The molecular formula is C14H31N3. The van der Waals surface area contributed by atoms with Gasteiger partial charge in [0.25, 0.3) is 0 Å². The Bertz CT molecular complexity index is 186. The van der Waals surface area contributed by atoms with Gasteiger partial charge in [0, 0.05) is 12.6 Å². The van der Waals surface area contributed by atoms with Gasteiger partial charge in [0.1, 0.15) is 0 Å². The molecule has 102 valence electrons. The largest absolute Gasteiger partial charge is 0.314 e. The molecule has 1 aliphatic rings. The van der Waals surface area contributed by atoms with Crippen molar-refractivity contribution in [3.8, 4) is 0 Å². The van der Waals surface area contributed by atoms with Gasteiger partial charge in [-0.05, 0) is 72.4 Å². The summed E-state index contributed by atoms with van der Waals surface area (Å²) >= 11 is 0. The minimum atomic E-state index is 0.666. The van der Waals surface area contributed by atoms with Crippen molar-refractivity contribution in [1.29, 1.82) is 0 Å². The monoisotopic (exact) mass is 241 g/mol. The van der Waals surface area contributed by atoms with Crippen LogP contribution in [-0.2, 0) is 0 Å². The lowest BCUT2D eigenvalue weighted by molar-refractivity contribution is 0.158. The standard InChI is InChI=1S/C14H31N3/c1-5-15-13(2)6-9-17-10-7-14(8-11-17)12-16(3)4/h13-15H,5-12H2,1-4H3. The molecule has 0 bridgehead atoms. The number of piperidine rings is 1. The molecule has 0 spiro atoms. The van der Waals surface area contributed by atoms with Gasteiger partial charge in [-0.2, -0.15) is 0 Å². The third kappa shape index (κ3) is 6.39. The molecule has 1 saturated heterocycles. The normalized spacial score (nSPS) is 21.0. The van der Waals surface area contributed by atoms with Crippen molar-refractivity contribution in [3.05, 3.63) is 0 Å². The quantitative estimate of drug-likeness (QED) is 0.731. The molecule has 0 aromatic rings. The summed E-state index contributed by atoms with van der Waals surface area (Å²) in [5.41, 5.74) is 0. The van der Waals surface area contributed by atoms with E-state index in [-0.39, 0.29) is 0 Å². The van der Waals surface area contributed by atoms with E-state index < -0.39 is 0 Å². The Labute approximate surface area is 108 Å². The van der Waals surface area contributed by atoms with Gasteiger partial charge in [0.05, 0.1) is 0 Å². The van der Waals surface area contributed by atoms with Gasteiger partial charge in [0.2, 0.25) is 0 Å². The van der Waals surface area contributed by atoms with Gasteiger partial charge in [-0.25, -0.2) is 0 Å². The van der Waals surface area contributed by atoms with E-state index in [0.29, 0.717) is 6.04 Å². The molecule has 1 rings (SSSR count). The fourth-order valence-electron chi connectivity index (χ4n) is 2.74. The van der Waals surface area contributed by atoms with Crippen LogP contribution >= 0.6 is 0 Å². The second-order valence-electron chi connectivity index (χ2n) is 5.79. The summed E-state index contributed by atoms with van der Waals surface area (Å²) in [6.07, 6.45) is 4.05. The summed E-state index contributed by atoms with van der Waals surface area (Å²) in [7, 11) is 4.37. The van der Waals surface area contributed by atoms with Crippen LogP contribution in [-0.4, -0.2) is 62.7 Å². The van der Waals surface area contributed by atoms with E-state index in [0.717, 1.165) is 12.5 Å². The maximum Gasteiger partial charge on any atom is 0.00507 e. The summed E-state index contributed by atoms with van der Waals surface area (Å²) in [4.78, 5) is 4.97. The lowest BCUT2D eigenvalue weighted by Gasteiger charge is -2.33. The maximum atomic E-state index is 3.49. The zero-order valence-corrected chi connectivity index (χ0v) is 12.2. The van der Waals surface area contributed by atoms with Crippen LogP contribution in [0.3, 0.4) is 0 Å². The first-order valence-corrected chi connectivity index (χ1v) is 7.22. The van der Waals surface area contributed by atoms with Crippen molar-refractivity contribution in [3.63, 3.8) is 0 Å². The van der Waals surface area contributed by atoms with E-state index in [1.807, 2.05) is 0 Å². The summed E-state index contributed by atoms with van der Waals surface area (Å²) < 4.78 is 0. The molecule has 1 aliphatic heterocycles. The molecule has 0 radical (unpaired) electrons. The number of nitrogens with zero attached hydrogens (tertiary/aromatic N) is 2. The molecule has 0 amide bonds. The summed E-state index contributed by atoms with van der Waals surface area (Å²) in [5, 5.41) is 3.49. The van der Waals surface area contributed by atoms with Crippen LogP contribution < -0.4 is 5.32 Å². The third-order valence-electron chi connectivity index (χ3n) is 3.76. The Hall–Kier alpha value is -0.120. The first kappa shape index (κ1) is 14.9. The van der Waals surface area contributed by atoms with Crippen molar-refractivity contribution in [2.75, 3.05) is 46.8 Å². The van der Waals surface area contributed by atoms with E-state index in [2.05, 4.69) is 43.1 Å². The molecule has 1 atom stereocenters. The van der Waals surface area contributed by atoms with Gasteiger partial charge in [-0.15, -0.1) is 0 Å². The SMILES string of the molecule is CCNC(C)CCN1CCC(CN(C)C)CC1. The lowest BCUT2D eigenvalue weighted by Crippen LogP contribution is -2.39. The topological polar surface area (TPSA) is 18.5 Å². The van der Waals surface area contributed by atoms with Crippen LogP contribution in [0, 0.1) is 5.92 Å². The smallest absolute Gasteiger partial charge is 0.00507 e. The van der Waals surface area contributed by atoms with Crippen LogP contribution in [0.15, 0.2) is 0 Å². The predicted molar refractivity (Wildman–Crippen MR) is 75.5 cm³/mol. The Morgan fingerprint density at radius 1 is 1.29 bits per heavy atom. The maximum absolute atomic E-state index is 3.49. The molecule has 3 heteroatoms. The molecule has 1 N–H and O–H groups in total. The van der Waals surface area contributed by atoms with Gasteiger partial charge >= 0.3 is 0 Å². The Kier molecular flexibility index (Phi) is 7.09. The summed E-state index contributed by atoms with van der Waals surface area (Å²) in [5.74, 6) is 0.924. The van der Waals surface area contributed by atoms with E-state index in [1.54, 1.807) is 0 Å². The number of likely N-dealkylation sites (tertiary alicyclic amines) is 1. The molecule has 1 fully saturated rings. The van der Waals surface area contributed by atoms with E-state index >= 15 is 0 Å². The van der Waals surface area contributed by atoms with Crippen molar-refractivity contribution in [2.24, 2.45) is 5.92 Å². The molecule has 0 aromatic carbocycles. The molecule has 3 nitrogen and oxygen atoms in total. The average Bonchev–Trinajstić information content (AvgIpc) is 2.28. The highest BCUT2D eigenvalue weighted by molar-refractivity contribution is 4.74. The molecule has 0 aliphatic carbocycles. The number of nitrogens with one attached hydrogen (secondary N) is 1. The highest BCUT2D eigenvalue weighted by Crippen LogP contribution is 2.17. The Balaban J connectivity index is 2.10. The van der Waals surface area contributed by atoms with E-state index in [9.17, 15) is 0 Å². The molecule has 0 aromatic heterocycles. The first-order valence-electron chi connectivity index (χ1n) is 7.22. The van der Waals surface area contributed by atoms with Crippen LogP contribution in [0.1, 0.15) is 33.1 Å². The Morgan fingerprint density at radius 3 is 2.47 bits per heavy atom. The summed E-state index contributed by atoms with van der Waals surface area (Å²) in [6, 6.07) is 0.666. The van der Waals surface area contributed by atoms with Gasteiger partial charge in [0.15, 0.2) is 0 Å². The minimum absolute atomic E-state index is 0.666. The summed E-state index contributed by atoms with van der Waals surface area (Å²) in [6.45, 7) is 10.7. The van der Waals surface area contributed by atoms with Gasteiger partial charge in [-0.3, -0.25) is 0 Å². The van der Waals surface area contributed by atoms with Crippen molar-refractivity contribution in [2.45, 2.75) is 39.2 Å². The van der Waals surface area contributed by atoms with Crippen LogP contribution in [0.2, 0.25) is 0 Å². The average molecular weight is 241 g/mol. The van der Waals surface area contributed by atoms with E-state index in [4.69, 9.17) is 0 Å². The second kappa shape index (κ2) is 8.06. The van der Waals surface area contributed by atoms with Crippen LogP contribution in [0.4, 0.5) is 0 Å². The first-order chi connectivity index (χ1) is 8.11. The molecular weight excluding hydrogens is 210 g/mol. The van der Waals surface area contributed by atoms with Crippen LogP contribution in [0.5, 0.6) is 0 Å². The highest BCUT2D eigenvalue weighted by atomic mass is 15.1. The number of hydrogen-bond donors (Lipinski definition) is 1. The lowest BCUT2D eigenvalue weighted by atomic mass is 9.96. The van der Waals surface area contributed by atoms with Crippen molar-refractivity contribution >= 4 is 0 Å². The molecule has 17 heavy (non-hydrogen) atoms. The predicted octanol–water partition coefficient (Wildman–Crippen LogP) is 1.65. The third-order valence-corrected chi connectivity index (χ3v) is 3.76. The fraction of sp³-hybridized carbons (Fsp3) is 1.00. The highest BCUT2D eigenvalue weighted by Gasteiger charge is 2.19. The van der Waals surface area contributed by atoms with Gasteiger partial charge in [-0.1, -0.05) is 6.92 Å². The van der Waals surface area contributed by atoms with Gasteiger partial charge < -0.3 is 15.1 Å². The molecule has 1 unspecified atom stereocenters. The van der Waals surface area contributed by atoms with Crippen molar-refractivity contribution < 1.29 is 0 Å². The van der Waals surface area contributed by atoms with Crippen molar-refractivity contribution in [1.82, 2.24) is 15.1 Å². The Morgan fingerprint density at radius 2 is 1.94 bits per heavy atom. The zero-order valence-electron chi connectivity index (χ0n) is 12.2. The number of rotatable bonds is 7. The molecule has 1 heterocycles.